The molecule has 0 saturated carbocycles. The molecule has 3 rings (SSSR count). The number of carbonyl (C=O) groups excluding carboxylic acids is 1. The van der Waals surface area contributed by atoms with E-state index in [9.17, 15) is 4.79 Å². The van der Waals surface area contributed by atoms with E-state index >= 15 is 0 Å². The maximum atomic E-state index is 12.0. The maximum Gasteiger partial charge on any atom is 0.176 e. The SMILES string of the molecule is CC1Cc2c(sc(P)c2-c2ccccc2)C1=O. The molecule has 1 aromatic carbocycles. The van der Waals surface area contributed by atoms with E-state index in [1.165, 1.54) is 21.3 Å². The van der Waals surface area contributed by atoms with Crippen LogP contribution in [0.25, 0.3) is 11.1 Å². The van der Waals surface area contributed by atoms with Crippen molar-refractivity contribution in [3.05, 3.63) is 40.8 Å². The number of rotatable bonds is 1. The van der Waals surface area contributed by atoms with Gasteiger partial charge in [0.15, 0.2) is 5.78 Å². The second-order valence-electron chi connectivity index (χ2n) is 4.48. The Bertz CT molecular complexity index is 586. The molecule has 1 nitrogen and oxygen atoms in total. The first-order valence-corrected chi connectivity index (χ1v) is 7.08. The van der Waals surface area contributed by atoms with Gasteiger partial charge in [-0.1, -0.05) is 46.5 Å². The summed E-state index contributed by atoms with van der Waals surface area (Å²) in [7, 11) is 2.77. The summed E-state index contributed by atoms with van der Waals surface area (Å²) >= 11 is 1.62. The molecule has 0 fully saturated rings. The topological polar surface area (TPSA) is 17.1 Å². The highest BCUT2D eigenvalue weighted by Crippen LogP contribution is 2.39. The number of ketones is 1. The van der Waals surface area contributed by atoms with Gasteiger partial charge in [0.25, 0.3) is 0 Å². The van der Waals surface area contributed by atoms with Crippen molar-refractivity contribution >= 4 is 31.0 Å². The van der Waals surface area contributed by atoms with Crippen molar-refractivity contribution in [1.29, 1.82) is 0 Å². The molecular formula is C14H13OPS. The summed E-state index contributed by atoms with van der Waals surface area (Å²) in [6.45, 7) is 2.02. The van der Waals surface area contributed by atoms with Crippen LogP contribution in [-0.2, 0) is 6.42 Å². The number of carbonyl (C=O) groups is 1. The van der Waals surface area contributed by atoms with Crippen molar-refractivity contribution in [1.82, 2.24) is 0 Å². The molecule has 2 atom stereocenters. The molecule has 0 radical (unpaired) electrons. The first kappa shape index (κ1) is 11.1. The maximum absolute atomic E-state index is 12.0. The minimum absolute atomic E-state index is 0.157. The van der Waals surface area contributed by atoms with Crippen LogP contribution in [0.15, 0.2) is 30.3 Å². The zero-order chi connectivity index (χ0) is 12.0. The third kappa shape index (κ3) is 1.67. The molecule has 1 aromatic heterocycles. The van der Waals surface area contributed by atoms with Crippen LogP contribution in [0.2, 0.25) is 0 Å². The van der Waals surface area contributed by atoms with E-state index in [1.807, 2.05) is 25.1 Å². The molecule has 86 valence electrons. The van der Waals surface area contributed by atoms with E-state index in [2.05, 4.69) is 21.4 Å². The average molecular weight is 260 g/mol. The molecule has 0 spiro atoms. The van der Waals surface area contributed by atoms with Crippen LogP contribution >= 0.6 is 20.6 Å². The van der Waals surface area contributed by atoms with Crippen molar-refractivity contribution in [2.75, 3.05) is 0 Å². The van der Waals surface area contributed by atoms with Crippen LogP contribution < -0.4 is 4.62 Å². The van der Waals surface area contributed by atoms with E-state index in [0.717, 1.165) is 11.3 Å². The van der Waals surface area contributed by atoms with Crippen molar-refractivity contribution in [2.24, 2.45) is 5.92 Å². The van der Waals surface area contributed by atoms with Crippen molar-refractivity contribution in [3.63, 3.8) is 0 Å². The first-order valence-electron chi connectivity index (χ1n) is 5.69. The van der Waals surface area contributed by atoms with E-state index < -0.39 is 0 Å². The molecule has 1 aliphatic carbocycles. The normalized spacial score (nSPS) is 18.5. The van der Waals surface area contributed by atoms with Gasteiger partial charge in [0, 0.05) is 16.1 Å². The van der Waals surface area contributed by atoms with Crippen molar-refractivity contribution in [2.45, 2.75) is 13.3 Å². The lowest BCUT2D eigenvalue weighted by Gasteiger charge is -2.04. The van der Waals surface area contributed by atoms with Gasteiger partial charge in [0.1, 0.15) is 0 Å². The molecule has 0 saturated heterocycles. The van der Waals surface area contributed by atoms with Crippen LogP contribution in [-0.4, -0.2) is 5.78 Å². The molecular weight excluding hydrogens is 247 g/mol. The Hall–Kier alpha value is -0.980. The molecule has 0 bridgehead atoms. The number of thiophene rings is 1. The third-order valence-corrected chi connectivity index (χ3v) is 5.00. The van der Waals surface area contributed by atoms with E-state index in [1.54, 1.807) is 11.3 Å². The standard InChI is InChI=1S/C14H13OPS/c1-8-7-10-11(9-5-3-2-4-6-9)14(16)17-13(10)12(8)15/h2-6,8H,7,16H2,1H3. The fourth-order valence-corrected chi connectivity index (χ4v) is 4.29. The summed E-state index contributed by atoms with van der Waals surface area (Å²) < 4.78 is 1.18. The summed E-state index contributed by atoms with van der Waals surface area (Å²) in [5.41, 5.74) is 3.73. The second kappa shape index (κ2) is 4.04. The van der Waals surface area contributed by atoms with Gasteiger partial charge in [0.05, 0.1) is 4.88 Å². The number of benzene rings is 1. The summed E-state index contributed by atoms with van der Waals surface area (Å²) in [4.78, 5) is 13.0. The first-order chi connectivity index (χ1) is 8.18. The van der Waals surface area contributed by atoms with Gasteiger partial charge in [0.2, 0.25) is 0 Å². The number of hydrogen-bond donors (Lipinski definition) is 0. The zero-order valence-corrected chi connectivity index (χ0v) is 11.5. The lowest BCUT2D eigenvalue weighted by atomic mass is 10.0. The largest absolute Gasteiger partial charge is 0.293 e. The monoisotopic (exact) mass is 260 g/mol. The fraction of sp³-hybridized carbons (Fsp3) is 0.214. The Morgan fingerprint density at radius 1 is 1.29 bits per heavy atom. The Morgan fingerprint density at radius 3 is 2.71 bits per heavy atom. The predicted molar refractivity (Wildman–Crippen MR) is 76.3 cm³/mol. The average Bonchev–Trinajstić information content (AvgIpc) is 2.78. The van der Waals surface area contributed by atoms with E-state index in [4.69, 9.17) is 0 Å². The highest BCUT2D eigenvalue weighted by atomic mass is 32.1. The number of Topliss-reactive ketones (excluding diaryl/α,β-unsaturated/α-hetero) is 1. The smallest absolute Gasteiger partial charge is 0.176 e. The molecule has 2 unspecified atom stereocenters. The summed E-state index contributed by atoms with van der Waals surface area (Å²) in [5, 5.41) is 0. The van der Waals surface area contributed by atoms with Crippen LogP contribution in [0, 0.1) is 5.92 Å². The van der Waals surface area contributed by atoms with Gasteiger partial charge < -0.3 is 0 Å². The third-order valence-electron chi connectivity index (χ3n) is 3.28. The van der Waals surface area contributed by atoms with Crippen LogP contribution in [0.5, 0.6) is 0 Å². The van der Waals surface area contributed by atoms with Gasteiger partial charge in [-0.15, -0.1) is 11.3 Å². The van der Waals surface area contributed by atoms with Gasteiger partial charge in [-0.3, -0.25) is 4.79 Å². The fourth-order valence-electron chi connectivity index (χ4n) is 2.42. The molecule has 0 amide bonds. The molecule has 2 aromatic rings. The Balaban J connectivity index is 2.21. The highest BCUT2D eigenvalue weighted by molar-refractivity contribution is 7.44. The quantitative estimate of drug-likeness (QED) is 0.719. The van der Waals surface area contributed by atoms with E-state index in [-0.39, 0.29) is 5.92 Å². The van der Waals surface area contributed by atoms with Gasteiger partial charge >= 0.3 is 0 Å². The molecule has 3 heteroatoms. The summed E-state index contributed by atoms with van der Waals surface area (Å²) in [6.07, 6.45) is 0.892. The second-order valence-corrected chi connectivity index (χ2v) is 6.53. The lowest BCUT2D eigenvalue weighted by molar-refractivity contribution is 0.0949. The Morgan fingerprint density at radius 2 is 2.00 bits per heavy atom. The van der Waals surface area contributed by atoms with Gasteiger partial charge in [-0.05, 0) is 17.5 Å². The predicted octanol–water partition coefficient (Wildman–Crippen LogP) is 3.29. The van der Waals surface area contributed by atoms with Gasteiger partial charge in [-0.25, -0.2) is 0 Å². The Labute approximate surface area is 107 Å². The molecule has 0 aliphatic heterocycles. The molecule has 1 heterocycles. The molecule has 17 heavy (non-hydrogen) atoms. The molecule has 1 aliphatic rings. The number of fused-ring (bicyclic) bond motifs is 1. The lowest BCUT2D eigenvalue weighted by Crippen LogP contribution is -2.03. The summed E-state index contributed by atoms with van der Waals surface area (Å²) in [6, 6.07) is 10.3. The summed E-state index contributed by atoms with van der Waals surface area (Å²) in [5.74, 6) is 0.472. The van der Waals surface area contributed by atoms with Gasteiger partial charge in [-0.2, -0.15) is 0 Å². The van der Waals surface area contributed by atoms with Crippen LogP contribution in [0.4, 0.5) is 0 Å². The van der Waals surface area contributed by atoms with E-state index in [0.29, 0.717) is 5.78 Å². The van der Waals surface area contributed by atoms with Crippen molar-refractivity contribution in [3.8, 4) is 11.1 Å². The van der Waals surface area contributed by atoms with Crippen LogP contribution in [0.1, 0.15) is 22.2 Å². The minimum Gasteiger partial charge on any atom is -0.293 e. The highest BCUT2D eigenvalue weighted by Gasteiger charge is 2.32. The van der Waals surface area contributed by atoms with Crippen LogP contribution in [0.3, 0.4) is 0 Å². The molecule has 0 N–H and O–H groups in total. The zero-order valence-electron chi connectivity index (χ0n) is 9.57. The minimum atomic E-state index is 0.157. The number of hydrogen-bond acceptors (Lipinski definition) is 2. The Kier molecular flexibility index (Phi) is 2.65. The van der Waals surface area contributed by atoms with Crippen molar-refractivity contribution < 1.29 is 4.79 Å².